The first-order valence-corrected chi connectivity index (χ1v) is 9.57. The first-order valence-electron chi connectivity index (χ1n) is 6.78. The Kier molecular flexibility index (Phi) is 4.58. The molecule has 2 fully saturated rings. The smallest absolute Gasteiger partial charge is 0.293 e. The summed E-state index contributed by atoms with van der Waals surface area (Å²) >= 11 is 5.46. The van der Waals surface area contributed by atoms with E-state index in [2.05, 4.69) is 10.2 Å². The lowest BCUT2D eigenvalue weighted by Gasteiger charge is -2.28. The molecule has 0 aromatic heterocycles. The van der Waals surface area contributed by atoms with Crippen molar-refractivity contribution >= 4 is 52.6 Å². The number of rotatable bonds is 4. The highest BCUT2D eigenvalue weighted by atomic mass is 32.3. The van der Waals surface area contributed by atoms with E-state index in [1.807, 2.05) is 29.6 Å². The van der Waals surface area contributed by atoms with E-state index in [-0.39, 0.29) is 20.8 Å². The Morgan fingerprint density at radius 2 is 2.09 bits per heavy atom. The zero-order chi connectivity index (χ0) is 15.7. The van der Waals surface area contributed by atoms with Crippen LogP contribution in [0.2, 0.25) is 0 Å². The summed E-state index contributed by atoms with van der Waals surface area (Å²) in [6.45, 7) is 3.47. The summed E-state index contributed by atoms with van der Waals surface area (Å²) < 4.78 is -0.0522. The van der Waals surface area contributed by atoms with Gasteiger partial charge in [-0.1, -0.05) is 11.8 Å². The summed E-state index contributed by atoms with van der Waals surface area (Å²) in [5.74, 6) is 1.86. The minimum absolute atomic E-state index is 0.0522. The summed E-state index contributed by atoms with van der Waals surface area (Å²) in [5.41, 5.74) is 0.184. The van der Waals surface area contributed by atoms with Gasteiger partial charge >= 0.3 is 0 Å². The van der Waals surface area contributed by atoms with Crippen LogP contribution in [-0.4, -0.2) is 43.9 Å². The first kappa shape index (κ1) is 16.0. The molecule has 0 radical (unpaired) electrons. The van der Waals surface area contributed by atoms with Crippen molar-refractivity contribution in [3.05, 3.63) is 28.3 Å². The predicted octanol–water partition coefficient (Wildman–Crippen LogP) is 3.05. The Bertz CT molecular complexity index is 616. The molecule has 3 rings (SSSR count). The zero-order valence-electron chi connectivity index (χ0n) is 11.9. The van der Waals surface area contributed by atoms with E-state index in [1.165, 1.54) is 6.92 Å². The van der Waals surface area contributed by atoms with Crippen molar-refractivity contribution < 1.29 is 9.72 Å². The molecule has 2 saturated heterocycles. The van der Waals surface area contributed by atoms with Crippen molar-refractivity contribution in [2.24, 2.45) is 0 Å². The summed E-state index contributed by atoms with van der Waals surface area (Å²) in [6, 6.07) is 5.01. The SMILES string of the molecule is CC(=O)Nc1ccc(SC23SCCN2CCS3)cc1[N+](=O)[O-]. The molecule has 9 heteroatoms. The number of hydrogen-bond acceptors (Lipinski definition) is 7. The average Bonchev–Trinajstić information content (AvgIpc) is 2.98. The fourth-order valence-electron chi connectivity index (χ4n) is 2.47. The minimum atomic E-state index is -0.450. The molecule has 0 spiro atoms. The first-order chi connectivity index (χ1) is 10.5. The molecule has 2 aliphatic heterocycles. The molecule has 0 atom stereocenters. The maximum absolute atomic E-state index is 11.2. The molecule has 0 aliphatic carbocycles. The third kappa shape index (κ3) is 3.08. The topological polar surface area (TPSA) is 75.5 Å². The lowest BCUT2D eigenvalue weighted by molar-refractivity contribution is -0.384. The van der Waals surface area contributed by atoms with Gasteiger partial charge in [0.2, 0.25) is 5.91 Å². The zero-order valence-corrected chi connectivity index (χ0v) is 14.4. The van der Waals surface area contributed by atoms with E-state index in [0.717, 1.165) is 29.5 Å². The van der Waals surface area contributed by atoms with E-state index < -0.39 is 4.92 Å². The molecule has 0 bridgehead atoms. The monoisotopic (exact) mass is 357 g/mol. The summed E-state index contributed by atoms with van der Waals surface area (Å²) in [7, 11) is 0. The minimum Gasteiger partial charge on any atom is -0.321 e. The third-order valence-corrected chi connectivity index (χ3v) is 8.34. The second-order valence-corrected chi connectivity index (χ2v) is 9.54. The number of carbonyl (C=O) groups is 1. The van der Waals surface area contributed by atoms with E-state index in [0.29, 0.717) is 0 Å². The number of thioether (sulfide) groups is 3. The molecule has 1 aromatic carbocycles. The fourth-order valence-corrected chi connectivity index (χ4v) is 7.64. The van der Waals surface area contributed by atoms with Crippen molar-refractivity contribution in [2.45, 2.75) is 15.4 Å². The van der Waals surface area contributed by atoms with Gasteiger partial charge in [0.1, 0.15) is 5.69 Å². The number of nitrogens with zero attached hydrogens (tertiary/aromatic N) is 2. The van der Waals surface area contributed by atoms with E-state index in [4.69, 9.17) is 0 Å². The maximum atomic E-state index is 11.2. The van der Waals surface area contributed by atoms with Gasteiger partial charge in [-0.25, -0.2) is 0 Å². The van der Waals surface area contributed by atoms with Gasteiger partial charge in [0, 0.05) is 42.5 Å². The van der Waals surface area contributed by atoms with Gasteiger partial charge in [-0.3, -0.25) is 19.8 Å². The molecule has 1 amide bonds. The Hall–Kier alpha value is -0.900. The highest BCUT2D eigenvalue weighted by molar-refractivity contribution is 8.34. The van der Waals surface area contributed by atoms with Crippen LogP contribution in [0.15, 0.2) is 23.1 Å². The molecule has 1 aromatic rings. The van der Waals surface area contributed by atoms with Crippen LogP contribution in [-0.2, 0) is 4.79 Å². The summed E-state index contributed by atoms with van der Waals surface area (Å²) in [4.78, 5) is 25.2. The van der Waals surface area contributed by atoms with Crippen LogP contribution in [0.25, 0.3) is 0 Å². The number of nitro groups is 1. The summed E-state index contributed by atoms with van der Waals surface area (Å²) in [5, 5.41) is 13.8. The van der Waals surface area contributed by atoms with Gasteiger partial charge in [0.05, 0.1) is 4.92 Å². The summed E-state index contributed by atoms with van der Waals surface area (Å²) in [6.07, 6.45) is 0. The number of benzene rings is 1. The van der Waals surface area contributed by atoms with Crippen molar-refractivity contribution in [3.8, 4) is 0 Å². The van der Waals surface area contributed by atoms with Crippen molar-refractivity contribution in [2.75, 3.05) is 29.9 Å². The lowest BCUT2D eigenvalue weighted by atomic mass is 10.2. The molecule has 2 heterocycles. The van der Waals surface area contributed by atoms with Gasteiger partial charge in [0.25, 0.3) is 5.69 Å². The molecule has 1 N–H and O–H groups in total. The number of hydrogen-bond donors (Lipinski definition) is 1. The maximum Gasteiger partial charge on any atom is 0.293 e. The average molecular weight is 357 g/mol. The van der Waals surface area contributed by atoms with E-state index in [9.17, 15) is 14.9 Å². The Labute approximate surface area is 140 Å². The molecular weight excluding hydrogens is 342 g/mol. The molecule has 2 aliphatic rings. The highest BCUT2D eigenvalue weighted by Crippen LogP contribution is 2.58. The van der Waals surface area contributed by atoms with Crippen LogP contribution < -0.4 is 5.32 Å². The molecule has 6 nitrogen and oxygen atoms in total. The molecule has 22 heavy (non-hydrogen) atoms. The van der Waals surface area contributed by atoms with Crippen molar-refractivity contribution in [1.29, 1.82) is 0 Å². The molecule has 0 saturated carbocycles. The van der Waals surface area contributed by atoms with Crippen LogP contribution in [0, 0.1) is 10.1 Å². The largest absolute Gasteiger partial charge is 0.321 e. The number of nitrogens with one attached hydrogen (secondary N) is 1. The van der Waals surface area contributed by atoms with Gasteiger partial charge in [-0.15, -0.1) is 23.5 Å². The Morgan fingerprint density at radius 3 is 2.68 bits per heavy atom. The molecule has 0 unspecified atom stereocenters. The van der Waals surface area contributed by atoms with Gasteiger partial charge in [0.15, 0.2) is 3.54 Å². The third-order valence-electron chi connectivity index (χ3n) is 3.40. The van der Waals surface area contributed by atoms with Crippen LogP contribution >= 0.6 is 35.3 Å². The van der Waals surface area contributed by atoms with Crippen LogP contribution in [0.5, 0.6) is 0 Å². The standard InChI is InChI=1S/C13H15N3O3S3/c1-9(17)14-11-3-2-10(8-12(11)16(18)19)22-13-15(4-6-20-13)5-7-21-13/h2-3,8H,4-7H2,1H3,(H,14,17). The van der Waals surface area contributed by atoms with E-state index in [1.54, 1.807) is 23.9 Å². The quantitative estimate of drug-likeness (QED) is 0.655. The number of carbonyl (C=O) groups excluding carboxylic acids is 1. The normalized spacial score (nSPS) is 19.9. The second kappa shape index (κ2) is 6.31. The fraction of sp³-hybridized carbons (Fsp3) is 0.462. The Balaban J connectivity index is 1.87. The molecular formula is C13H15N3O3S3. The number of amides is 1. The van der Waals surface area contributed by atoms with Gasteiger partial charge in [-0.2, -0.15) is 0 Å². The predicted molar refractivity (Wildman–Crippen MR) is 92.5 cm³/mol. The van der Waals surface area contributed by atoms with Gasteiger partial charge in [-0.05, 0) is 12.1 Å². The number of fused-ring (bicyclic) bond motifs is 1. The highest BCUT2D eigenvalue weighted by Gasteiger charge is 2.47. The Morgan fingerprint density at radius 1 is 1.41 bits per heavy atom. The van der Waals surface area contributed by atoms with Crippen LogP contribution in [0.1, 0.15) is 6.92 Å². The number of nitro benzene ring substituents is 1. The van der Waals surface area contributed by atoms with Crippen LogP contribution in [0.3, 0.4) is 0 Å². The molecule has 118 valence electrons. The van der Waals surface area contributed by atoms with Crippen molar-refractivity contribution in [3.63, 3.8) is 0 Å². The van der Waals surface area contributed by atoms with Gasteiger partial charge < -0.3 is 5.32 Å². The van der Waals surface area contributed by atoms with Crippen molar-refractivity contribution in [1.82, 2.24) is 4.90 Å². The van der Waals surface area contributed by atoms with Crippen LogP contribution in [0.4, 0.5) is 11.4 Å². The number of anilines is 1. The lowest BCUT2D eigenvalue weighted by Crippen LogP contribution is -2.30. The second-order valence-electron chi connectivity index (χ2n) is 4.93. The van der Waals surface area contributed by atoms with E-state index >= 15 is 0 Å².